The molecular formula is C65H121NO5. The monoisotopic (exact) mass is 996 g/mol. The number of amides is 1. The van der Waals surface area contributed by atoms with E-state index in [1.165, 1.54) is 250 Å². The Labute approximate surface area is 442 Å². The van der Waals surface area contributed by atoms with E-state index < -0.39 is 12.1 Å². The van der Waals surface area contributed by atoms with Crippen molar-refractivity contribution in [2.24, 2.45) is 0 Å². The van der Waals surface area contributed by atoms with Gasteiger partial charge in [0.2, 0.25) is 5.91 Å². The molecule has 0 radical (unpaired) electrons. The zero-order valence-electron chi connectivity index (χ0n) is 47.5. The standard InChI is InChI=1S/C65H121NO5/c1-3-5-7-9-11-13-15-17-18-31-35-39-43-47-51-55-59-65(70)71-60-56-52-48-44-40-36-32-29-27-25-23-21-19-20-22-24-26-28-30-34-38-42-46-50-54-58-64(69)66-62(61-67)63(68)57-53-49-45-41-37-33-16-14-12-10-8-6-4-2/h18,20-23,31,53,57,62-63,67-68H,3-17,19,24-30,32-52,54-56,58-61H2,1-2H3,(H,66,69)/b22-20-,23-21-,31-18-,57-53+. The zero-order valence-corrected chi connectivity index (χ0v) is 47.5. The second-order valence-electron chi connectivity index (χ2n) is 21.4. The lowest BCUT2D eigenvalue weighted by Crippen LogP contribution is -2.45. The van der Waals surface area contributed by atoms with Crippen LogP contribution >= 0.6 is 0 Å². The van der Waals surface area contributed by atoms with Crippen LogP contribution in [0.25, 0.3) is 0 Å². The Morgan fingerprint density at radius 1 is 0.394 bits per heavy atom. The highest BCUT2D eigenvalue weighted by Gasteiger charge is 2.18. The number of hydrogen-bond acceptors (Lipinski definition) is 5. The third-order valence-electron chi connectivity index (χ3n) is 14.3. The normalized spacial score (nSPS) is 12.9. The molecule has 0 aromatic carbocycles. The molecule has 0 saturated heterocycles. The van der Waals surface area contributed by atoms with Crippen LogP contribution < -0.4 is 5.32 Å². The van der Waals surface area contributed by atoms with Gasteiger partial charge in [0.1, 0.15) is 0 Å². The number of aliphatic hydroxyl groups excluding tert-OH is 2. The predicted molar refractivity (Wildman–Crippen MR) is 310 cm³/mol. The van der Waals surface area contributed by atoms with Gasteiger partial charge in [0.15, 0.2) is 0 Å². The predicted octanol–water partition coefficient (Wildman–Crippen LogP) is 19.7. The Balaban J connectivity index is 3.45. The van der Waals surface area contributed by atoms with Crippen LogP contribution in [0.5, 0.6) is 0 Å². The molecule has 1 amide bonds. The number of ether oxygens (including phenoxy) is 1. The SMILES string of the molecule is CCCCCCCCC/C=C\CCCCCCCC(=O)OCCCCCCCCCCC/C=C\C/C=C\CCCCCCCCCCCC(=O)NC(CO)C(O)/C=C/CCCCCCCCCCCCC. The van der Waals surface area contributed by atoms with Gasteiger partial charge in [0.05, 0.1) is 25.4 Å². The molecule has 0 aliphatic carbocycles. The topological polar surface area (TPSA) is 95.9 Å². The van der Waals surface area contributed by atoms with E-state index in [2.05, 4.69) is 55.6 Å². The molecule has 71 heavy (non-hydrogen) atoms. The molecule has 6 heteroatoms. The zero-order chi connectivity index (χ0) is 51.4. The fourth-order valence-electron chi connectivity index (χ4n) is 9.48. The first-order chi connectivity index (χ1) is 35.0. The summed E-state index contributed by atoms with van der Waals surface area (Å²) in [6.07, 6.45) is 77.3. The first-order valence-corrected chi connectivity index (χ1v) is 31.4. The van der Waals surface area contributed by atoms with Crippen molar-refractivity contribution in [1.82, 2.24) is 5.32 Å². The average Bonchev–Trinajstić information content (AvgIpc) is 3.37. The molecule has 3 N–H and O–H groups in total. The van der Waals surface area contributed by atoms with Gasteiger partial charge < -0.3 is 20.3 Å². The van der Waals surface area contributed by atoms with Gasteiger partial charge in [-0.3, -0.25) is 9.59 Å². The van der Waals surface area contributed by atoms with E-state index in [0.29, 0.717) is 19.4 Å². The molecule has 0 bridgehead atoms. The highest BCUT2D eigenvalue weighted by atomic mass is 16.5. The minimum atomic E-state index is -0.848. The number of allylic oxidation sites excluding steroid dienone is 7. The fourth-order valence-corrected chi connectivity index (χ4v) is 9.48. The van der Waals surface area contributed by atoms with E-state index in [1.807, 2.05) is 6.08 Å². The van der Waals surface area contributed by atoms with E-state index >= 15 is 0 Å². The number of rotatable bonds is 58. The molecule has 0 spiro atoms. The van der Waals surface area contributed by atoms with Gasteiger partial charge in [-0.2, -0.15) is 0 Å². The summed E-state index contributed by atoms with van der Waals surface area (Å²) in [5.74, 6) is -0.0736. The first-order valence-electron chi connectivity index (χ1n) is 31.4. The lowest BCUT2D eigenvalue weighted by molar-refractivity contribution is -0.143. The number of nitrogens with one attached hydrogen (secondary N) is 1. The maximum atomic E-state index is 12.4. The van der Waals surface area contributed by atoms with Gasteiger partial charge in [-0.1, -0.05) is 274 Å². The Kier molecular flexibility index (Phi) is 58.5. The van der Waals surface area contributed by atoms with E-state index in [4.69, 9.17) is 4.74 Å². The molecule has 0 rings (SSSR count). The highest BCUT2D eigenvalue weighted by Crippen LogP contribution is 2.16. The number of carbonyl (C=O) groups excluding carboxylic acids is 2. The van der Waals surface area contributed by atoms with Gasteiger partial charge in [-0.15, -0.1) is 0 Å². The van der Waals surface area contributed by atoms with Crippen molar-refractivity contribution in [2.75, 3.05) is 13.2 Å². The Morgan fingerprint density at radius 2 is 0.704 bits per heavy atom. The lowest BCUT2D eigenvalue weighted by atomic mass is 10.0. The van der Waals surface area contributed by atoms with Crippen LogP contribution in [0.3, 0.4) is 0 Å². The van der Waals surface area contributed by atoms with E-state index in [9.17, 15) is 19.8 Å². The molecule has 0 aliphatic heterocycles. The van der Waals surface area contributed by atoms with Crippen LogP contribution in [-0.4, -0.2) is 47.4 Å². The van der Waals surface area contributed by atoms with E-state index in [1.54, 1.807) is 6.08 Å². The Bertz CT molecular complexity index is 1190. The van der Waals surface area contributed by atoms with Crippen molar-refractivity contribution in [3.8, 4) is 0 Å². The molecule has 416 valence electrons. The molecular weight excluding hydrogens is 875 g/mol. The fraction of sp³-hybridized carbons (Fsp3) is 0.846. The van der Waals surface area contributed by atoms with Gasteiger partial charge in [-0.05, 0) is 89.9 Å². The van der Waals surface area contributed by atoms with Crippen molar-refractivity contribution in [2.45, 2.75) is 341 Å². The van der Waals surface area contributed by atoms with Gasteiger partial charge in [0.25, 0.3) is 0 Å². The van der Waals surface area contributed by atoms with Crippen molar-refractivity contribution >= 4 is 11.9 Å². The lowest BCUT2D eigenvalue weighted by Gasteiger charge is -2.20. The third kappa shape index (κ3) is 57.0. The summed E-state index contributed by atoms with van der Waals surface area (Å²) >= 11 is 0. The Hall–Kier alpha value is -2.18. The van der Waals surface area contributed by atoms with Crippen molar-refractivity contribution in [1.29, 1.82) is 0 Å². The molecule has 0 aliphatic rings. The number of hydrogen-bond donors (Lipinski definition) is 3. The number of carbonyl (C=O) groups is 2. The summed E-state index contributed by atoms with van der Waals surface area (Å²) < 4.78 is 5.48. The van der Waals surface area contributed by atoms with Crippen LogP contribution in [-0.2, 0) is 14.3 Å². The molecule has 0 saturated carbocycles. The molecule has 0 aromatic heterocycles. The number of aliphatic hydroxyl groups is 2. The third-order valence-corrected chi connectivity index (χ3v) is 14.3. The second-order valence-corrected chi connectivity index (χ2v) is 21.4. The minimum Gasteiger partial charge on any atom is -0.466 e. The quantitative estimate of drug-likeness (QED) is 0.0321. The Morgan fingerprint density at radius 3 is 1.08 bits per heavy atom. The summed E-state index contributed by atoms with van der Waals surface area (Å²) in [6.45, 7) is 4.89. The molecule has 2 atom stereocenters. The number of unbranched alkanes of at least 4 members (excludes halogenated alkanes) is 41. The molecule has 6 nitrogen and oxygen atoms in total. The summed E-state index contributed by atoms with van der Waals surface area (Å²) in [4.78, 5) is 24.5. The largest absolute Gasteiger partial charge is 0.466 e. The summed E-state index contributed by atoms with van der Waals surface area (Å²) in [5, 5.41) is 23.1. The maximum Gasteiger partial charge on any atom is 0.305 e. The average molecular weight is 997 g/mol. The molecule has 0 heterocycles. The second kappa shape index (κ2) is 60.4. The smallest absolute Gasteiger partial charge is 0.305 e. The van der Waals surface area contributed by atoms with Crippen LogP contribution in [0.2, 0.25) is 0 Å². The minimum absolute atomic E-state index is 0.000864. The maximum absolute atomic E-state index is 12.4. The first kappa shape index (κ1) is 68.8. The van der Waals surface area contributed by atoms with E-state index in [-0.39, 0.29) is 18.5 Å². The van der Waals surface area contributed by atoms with Crippen LogP contribution in [0.4, 0.5) is 0 Å². The van der Waals surface area contributed by atoms with Crippen LogP contribution in [0.1, 0.15) is 328 Å². The molecule has 0 fully saturated rings. The summed E-state index contributed by atoms with van der Waals surface area (Å²) in [6, 6.07) is -0.632. The molecule has 0 aromatic rings. The molecule has 2 unspecified atom stereocenters. The van der Waals surface area contributed by atoms with Crippen LogP contribution in [0.15, 0.2) is 48.6 Å². The van der Waals surface area contributed by atoms with Gasteiger partial charge in [-0.25, -0.2) is 0 Å². The van der Waals surface area contributed by atoms with Gasteiger partial charge in [0, 0.05) is 12.8 Å². The van der Waals surface area contributed by atoms with Crippen molar-refractivity contribution in [3.63, 3.8) is 0 Å². The van der Waals surface area contributed by atoms with Crippen molar-refractivity contribution < 1.29 is 24.5 Å². The van der Waals surface area contributed by atoms with Gasteiger partial charge >= 0.3 is 5.97 Å². The van der Waals surface area contributed by atoms with Crippen LogP contribution in [0, 0.1) is 0 Å². The van der Waals surface area contributed by atoms with Crippen molar-refractivity contribution in [3.05, 3.63) is 48.6 Å². The highest BCUT2D eigenvalue weighted by molar-refractivity contribution is 5.76. The summed E-state index contributed by atoms with van der Waals surface area (Å²) in [5.41, 5.74) is 0. The van der Waals surface area contributed by atoms with E-state index in [0.717, 1.165) is 51.4 Å². The number of esters is 1. The summed E-state index contributed by atoms with van der Waals surface area (Å²) in [7, 11) is 0.